The highest BCUT2D eigenvalue weighted by atomic mass is 19.4. The second kappa shape index (κ2) is 10.6. The fraction of sp³-hybridized carbons (Fsp3) is 0.647. The summed E-state index contributed by atoms with van der Waals surface area (Å²) in [5.41, 5.74) is -0.515. The highest BCUT2D eigenvalue weighted by molar-refractivity contribution is 5.55. The van der Waals surface area contributed by atoms with Crippen LogP contribution < -0.4 is 4.90 Å². The molecule has 5 nitrogen and oxygen atoms in total. The zero-order valence-corrected chi connectivity index (χ0v) is 14.1. The predicted octanol–water partition coefficient (Wildman–Crippen LogP) is 2.59. The highest BCUT2D eigenvalue weighted by Crippen LogP contribution is 2.36. The lowest BCUT2D eigenvalue weighted by molar-refractivity contribution is -0.137. The zero-order valence-electron chi connectivity index (χ0n) is 14.1. The summed E-state index contributed by atoms with van der Waals surface area (Å²) in [5, 5.41) is 0. The molecule has 0 aromatic heterocycles. The summed E-state index contributed by atoms with van der Waals surface area (Å²) in [6.45, 7) is 3.91. The molecule has 0 bridgehead atoms. The van der Waals surface area contributed by atoms with Crippen LogP contribution in [0.4, 0.5) is 18.9 Å². The van der Waals surface area contributed by atoms with Crippen LogP contribution in [0.5, 0.6) is 0 Å². The molecule has 0 radical (unpaired) electrons. The first-order valence-corrected chi connectivity index (χ1v) is 8.31. The van der Waals surface area contributed by atoms with Gasteiger partial charge in [-0.25, -0.2) is 0 Å². The van der Waals surface area contributed by atoms with Crippen molar-refractivity contribution in [2.24, 2.45) is 0 Å². The number of para-hydroxylation sites is 1. The molecule has 142 valence electrons. The van der Waals surface area contributed by atoms with Gasteiger partial charge in [0, 0.05) is 18.8 Å². The van der Waals surface area contributed by atoms with E-state index in [9.17, 15) is 13.2 Å². The molecule has 1 aromatic carbocycles. The van der Waals surface area contributed by atoms with E-state index in [-0.39, 0.29) is 5.69 Å². The van der Waals surface area contributed by atoms with E-state index in [0.717, 1.165) is 6.07 Å². The number of hydrogen-bond donors (Lipinski definition) is 0. The minimum atomic E-state index is -4.41. The van der Waals surface area contributed by atoms with E-state index < -0.39 is 11.7 Å². The third-order valence-corrected chi connectivity index (χ3v) is 3.68. The Morgan fingerprint density at radius 2 is 1.12 bits per heavy atom. The monoisotopic (exact) mass is 363 g/mol. The molecule has 1 aliphatic rings. The minimum Gasteiger partial charge on any atom is -0.377 e. The maximum absolute atomic E-state index is 13.3. The Hall–Kier alpha value is -1.35. The van der Waals surface area contributed by atoms with Gasteiger partial charge in [-0.2, -0.15) is 13.2 Å². The number of rotatable bonds is 1. The molecule has 1 saturated heterocycles. The van der Waals surface area contributed by atoms with Gasteiger partial charge in [0.1, 0.15) is 0 Å². The Bertz CT molecular complexity index is 483. The van der Waals surface area contributed by atoms with Crippen molar-refractivity contribution < 1.29 is 32.1 Å². The number of benzene rings is 1. The van der Waals surface area contributed by atoms with E-state index in [1.807, 2.05) is 0 Å². The molecule has 1 aromatic rings. The molecule has 1 fully saturated rings. The molecule has 25 heavy (non-hydrogen) atoms. The molecule has 2 rings (SSSR count). The van der Waals surface area contributed by atoms with Crippen LogP contribution in [-0.2, 0) is 25.1 Å². The molecule has 1 heterocycles. The maximum Gasteiger partial charge on any atom is 0.418 e. The molecule has 0 unspecified atom stereocenters. The second-order valence-electron chi connectivity index (χ2n) is 5.45. The van der Waals surface area contributed by atoms with Gasteiger partial charge in [-0.05, 0) is 12.1 Å². The van der Waals surface area contributed by atoms with Gasteiger partial charge in [0.2, 0.25) is 0 Å². The molecular weight excluding hydrogens is 339 g/mol. The summed E-state index contributed by atoms with van der Waals surface area (Å²) in [4.78, 5) is 1.64. The largest absolute Gasteiger partial charge is 0.418 e. The molecule has 0 atom stereocenters. The van der Waals surface area contributed by atoms with Crippen molar-refractivity contribution in [1.29, 1.82) is 0 Å². The molecule has 8 heteroatoms. The van der Waals surface area contributed by atoms with E-state index in [0.29, 0.717) is 65.9 Å². The first-order valence-electron chi connectivity index (χ1n) is 8.31. The maximum atomic E-state index is 13.3. The molecule has 0 N–H and O–H groups in total. The van der Waals surface area contributed by atoms with Crippen LogP contribution in [-0.4, -0.2) is 65.9 Å². The van der Waals surface area contributed by atoms with Gasteiger partial charge in [-0.15, -0.1) is 0 Å². The topological polar surface area (TPSA) is 40.2 Å². The number of halogens is 3. The lowest BCUT2D eigenvalue weighted by atomic mass is 10.1. The van der Waals surface area contributed by atoms with Crippen LogP contribution in [0.1, 0.15) is 5.56 Å². The SMILES string of the molecule is FC(F)(F)c1ccccc1N1CCOCCOCCOCCOCC1. The summed E-state index contributed by atoms with van der Waals surface area (Å²) in [5.74, 6) is 0. The number of alkyl halides is 3. The van der Waals surface area contributed by atoms with Gasteiger partial charge in [-0.1, -0.05) is 12.1 Å². The van der Waals surface area contributed by atoms with Crippen molar-refractivity contribution >= 4 is 5.69 Å². The number of nitrogens with zero attached hydrogens (tertiary/aromatic N) is 1. The summed E-state index contributed by atoms with van der Waals surface area (Å²) >= 11 is 0. The second-order valence-corrected chi connectivity index (χ2v) is 5.45. The van der Waals surface area contributed by atoms with E-state index >= 15 is 0 Å². The molecule has 1 aliphatic heterocycles. The minimum absolute atomic E-state index is 0.138. The molecule has 0 saturated carbocycles. The fourth-order valence-corrected chi connectivity index (χ4v) is 2.45. The van der Waals surface area contributed by atoms with Crippen molar-refractivity contribution in [3.8, 4) is 0 Å². The number of hydrogen-bond acceptors (Lipinski definition) is 5. The van der Waals surface area contributed by atoms with Gasteiger partial charge in [-0.3, -0.25) is 0 Å². The van der Waals surface area contributed by atoms with Crippen LogP contribution >= 0.6 is 0 Å². The van der Waals surface area contributed by atoms with Crippen LogP contribution in [0.15, 0.2) is 24.3 Å². The van der Waals surface area contributed by atoms with E-state index in [1.54, 1.807) is 11.0 Å². The van der Waals surface area contributed by atoms with E-state index in [2.05, 4.69) is 0 Å². The molecule has 0 amide bonds. The highest BCUT2D eigenvalue weighted by Gasteiger charge is 2.34. The number of ether oxygens (including phenoxy) is 4. The lowest BCUT2D eigenvalue weighted by Crippen LogP contribution is -2.33. The standard InChI is InChI=1S/C17H24F3NO4/c18-17(19,20)15-3-1-2-4-16(15)21-5-7-22-9-11-24-13-14-25-12-10-23-8-6-21/h1-4H,5-14H2. The van der Waals surface area contributed by atoms with E-state index in [4.69, 9.17) is 18.9 Å². The van der Waals surface area contributed by atoms with Gasteiger partial charge in [0.05, 0.1) is 58.4 Å². The smallest absolute Gasteiger partial charge is 0.377 e. The summed E-state index contributed by atoms with van der Waals surface area (Å²) < 4.78 is 61.4. The molecule has 0 spiro atoms. The van der Waals surface area contributed by atoms with E-state index in [1.165, 1.54) is 12.1 Å². The third-order valence-electron chi connectivity index (χ3n) is 3.68. The van der Waals surface area contributed by atoms with Crippen molar-refractivity contribution in [3.05, 3.63) is 29.8 Å². The first kappa shape index (κ1) is 20.0. The third kappa shape index (κ3) is 7.19. The van der Waals surface area contributed by atoms with Crippen molar-refractivity contribution in [2.75, 3.05) is 70.8 Å². The van der Waals surface area contributed by atoms with Gasteiger partial charge in [0.15, 0.2) is 0 Å². The summed E-state index contributed by atoms with van der Waals surface area (Å²) in [6, 6.07) is 5.56. The molecular formula is C17H24F3NO4. The van der Waals surface area contributed by atoms with Crippen molar-refractivity contribution in [2.45, 2.75) is 6.18 Å². The molecule has 0 aliphatic carbocycles. The normalized spacial score (nSPS) is 19.9. The van der Waals surface area contributed by atoms with Crippen LogP contribution in [0.2, 0.25) is 0 Å². The summed E-state index contributed by atoms with van der Waals surface area (Å²) in [7, 11) is 0. The van der Waals surface area contributed by atoms with Gasteiger partial charge >= 0.3 is 6.18 Å². The van der Waals surface area contributed by atoms with Gasteiger partial charge in [0.25, 0.3) is 0 Å². The van der Waals surface area contributed by atoms with Crippen LogP contribution in [0, 0.1) is 0 Å². The Balaban J connectivity index is 2.04. The average molecular weight is 363 g/mol. The average Bonchev–Trinajstić information content (AvgIpc) is 2.60. The van der Waals surface area contributed by atoms with Crippen LogP contribution in [0.25, 0.3) is 0 Å². The number of anilines is 1. The Kier molecular flexibility index (Phi) is 8.47. The Morgan fingerprint density at radius 3 is 1.60 bits per heavy atom. The Morgan fingerprint density at radius 1 is 0.680 bits per heavy atom. The summed E-state index contributed by atoms with van der Waals surface area (Å²) in [6.07, 6.45) is -4.41. The lowest BCUT2D eigenvalue weighted by Gasteiger charge is -2.27. The fourth-order valence-electron chi connectivity index (χ4n) is 2.45. The van der Waals surface area contributed by atoms with Crippen molar-refractivity contribution in [1.82, 2.24) is 0 Å². The zero-order chi connectivity index (χ0) is 18.0. The Labute approximate surface area is 145 Å². The first-order chi connectivity index (χ1) is 12.1. The quantitative estimate of drug-likeness (QED) is 0.767. The predicted molar refractivity (Wildman–Crippen MR) is 86.9 cm³/mol. The van der Waals surface area contributed by atoms with Crippen molar-refractivity contribution in [3.63, 3.8) is 0 Å². The van der Waals surface area contributed by atoms with Gasteiger partial charge < -0.3 is 23.8 Å². The van der Waals surface area contributed by atoms with Crippen LogP contribution in [0.3, 0.4) is 0 Å².